The molecule has 0 aliphatic carbocycles. The van der Waals surface area contributed by atoms with Crippen molar-refractivity contribution >= 4 is 28.7 Å². The van der Waals surface area contributed by atoms with Crippen molar-refractivity contribution in [3.63, 3.8) is 0 Å². The number of carboxylic acids is 1. The van der Waals surface area contributed by atoms with Crippen LogP contribution in [0.3, 0.4) is 0 Å². The van der Waals surface area contributed by atoms with Gasteiger partial charge in [0.1, 0.15) is 11.6 Å². The van der Waals surface area contributed by atoms with Crippen LogP contribution in [0.4, 0.5) is 8.78 Å². The Kier molecular flexibility index (Phi) is 6.46. The van der Waals surface area contributed by atoms with Crippen molar-refractivity contribution in [2.24, 2.45) is 0 Å². The zero-order valence-corrected chi connectivity index (χ0v) is 16.4. The number of carboxylic acid groups (broad SMARTS) is 1. The number of nitrogens with one attached hydrogen (secondary N) is 1. The summed E-state index contributed by atoms with van der Waals surface area (Å²) in [5, 5.41) is 9.23. The zero-order chi connectivity index (χ0) is 20.3. The van der Waals surface area contributed by atoms with E-state index in [1.165, 1.54) is 0 Å². The number of carbonyl (C=O) groups is 1. The lowest BCUT2D eigenvalue weighted by atomic mass is 10.1. The van der Waals surface area contributed by atoms with E-state index in [-0.39, 0.29) is 12.0 Å². The lowest BCUT2D eigenvalue weighted by molar-refractivity contribution is -0.137. The topological polar surface area (TPSA) is 72.4 Å². The smallest absolute Gasteiger partial charge is 0.305 e. The third kappa shape index (κ3) is 4.96. The Morgan fingerprint density at radius 1 is 1.18 bits per heavy atom. The second-order valence-corrected chi connectivity index (χ2v) is 8.54. The first-order chi connectivity index (χ1) is 13.3. The number of hydrogen-bond donors (Lipinski definition) is 2. The molecule has 8 heteroatoms. The molecule has 1 heterocycles. The fourth-order valence-electron chi connectivity index (χ4n) is 2.61. The average molecular weight is 421 g/mol. The van der Waals surface area contributed by atoms with Crippen molar-refractivity contribution in [3.05, 3.63) is 76.7 Å². The fourth-order valence-corrected chi connectivity index (χ4v) is 4.74. The molecular weight excluding hydrogens is 404 g/mol. The first-order valence-electron chi connectivity index (χ1n) is 8.35. The van der Waals surface area contributed by atoms with Crippen molar-refractivity contribution in [1.29, 1.82) is 0 Å². The minimum absolute atomic E-state index is 0.102. The van der Waals surface area contributed by atoms with Crippen LogP contribution < -0.4 is 4.72 Å². The molecule has 146 valence electrons. The standard InChI is InChI=1S/C20H17F2NO3S2/c1-12-2-5-14(6-3-12)28(26)23-17(11-20(24)25)19-9-8-18(27-19)15-10-13(21)4-7-16(15)22/h2-10,17,23H,11H2,1H3,(H,24,25). The molecule has 0 aliphatic rings. The highest BCUT2D eigenvalue weighted by Gasteiger charge is 2.25. The van der Waals surface area contributed by atoms with Gasteiger partial charge in [0.15, 0.2) is 4.90 Å². The van der Waals surface area contributed by atoms with Gasteiger partial charge in [0.2, 0.25) is 0 Å². The van der Waals surface area contributed by atoms with Crippen molar-refractivity contribution in [2.75, 3.05) is 0 Å². The summed E-state index contributed by atoms with van der Waals surface area (Å²) < 4.78 is 42.9. The van der Waals surface area contributed by atoms with Gasteiger partial charge in [-0.25, -0.2) is 8.78 Å². The van der Waals surface area contributed by atoms with Crippen LogP contribution in [0, 0.1) is 18.6 Å². The second-order valence-electron chi connectivity index (χ2n) is 6.18. The third-order valence-electron chi connectivity index (χ3n) is 4.03. The molecule has 0 bridgehead atoms. The van der Waals surface area contributed by atoms with E-state index in [9.17, 15) is 23.2 Å². The Hall–Kier alpha value is -2.26. The summed E-state index contributed by atoms with van der Waals surface area (Å²) in [6, 6.07) is 12.7. The van der Waals surface area contributed by atoms with Gasteiger partial charge in [-0.15, -0.1) is 16.1 Å². The minimum atomic E-state index is -1.62. The Labute approximate surface area is 168 Å². The molecule has 1 aromatic heterocycles. The average Bonchev–Trinajstić information content (AvgIpc) is 3.13. The highest BCUT2D eigenvalue weighted by molar-refractivity contribution is 7.89. The summed E-state index contributed by atoms with van der Waals surface area (Å²) in [5.74, 6) is -2.20. The number of thiophene rings is 1. The number of aryl methyl sites for hydroxylation is 1. The maximum absolute atomic E-state index is 14.0. The summed E-state index contributed by atoms with van der Waals surface area (Å²) >= 11 is -0.491. The van der Waals surface area contributed by atoms with E-state index in [0.29, 0.717) is 14.6 Å². The van der Waals surface area contributed by atoms with E-state index >= 15 is 0 Å². The minimum Gasteiger partial charge on any atom is -0.593 e. The molecule has 28 heavy (non-hydrogen) atoms. The van der Waals surface area contributed by atoms with Crippen LogP contribution in [0.15, 0.2) is 59.5 Å². The molecule has 0 saturated heterocycles. The molecule has 2 atom stereocenters. The van der Waals surface area contributed by atoms with E-state index in [1.54, 1.807) is 24.3 Å². The molecule has 4 nitrogen and oxygen atoms in total. The van der Waals surface area contributed by atoms with Crippen molar-refractivity contribution in [3.8, 4) is 10.4 Å². The molecule has 0 radical (unpaired) electrons. The van der Waals surface area contributed by atoms with Crippen molar-refractivity contribution in [1.82, 2.24) is 4.72 Å². The van der Waals surface area contributed by atoms with E-state index in [2.05, 4.69) is 4.72 Å². The first-order valence-corrected chi connectivity index (χ1v) is 10.3. The van der Waals surface area contributed by atoms with Gasteiger partial charge >= 0.3 is 5.97 Å². The Bertz CT molecular complexity index is 976. The van der Waals surface area contributed by atoms with E-state index in [0.717, 1.165) is 35.1 Å². The summed E-state index contributed by atoms with van der Waals surface area (Å²) in [5.41, 5.74) is 1.12. The summed E-state index contributed by atoms with van der Waals surface area (Å²) in [6.45, 7) is 1.91. The van der Waals surface area contributed by atoms with Gasteiger partial charge in [0, 0.05) is 15.3 Å². The zero-order valence-electron chi connectivity index (χ0n) is 14.8. The van der Waals surface area contributed by atoms with Gasteiger partial charge in [-0.05, 0) is 49.4 Å². The lowest BCUT2D eigenvalue weighted by Gasteiger charge is -2.17. The first kappa shape index (κ1) is 20.5. The third-order valence-corrected chi connectivity index (χ3v) is 6.46. The molecule has 2 unspecified atom stereocenters. The predicted octanol–water partition coefficient (Wildman–Crippen LogP) is 4.83. The van der Waals surface area contributed by atoms with Crippen LogP contribution >= 0.6 is 11.3 Å². The van der Waals surface area contributed by atoms with Crippen LogP contribution in [0.25, 0.3) is 10.4 Å². The van der Waals surface area contributed by atoms with E-state index < -0.39 is 35.0 Å². The van der Waals surface area contributed by atoms with Gasteiger partial charge in [-0.3, -0.25) is 4.79 Å². The fraction of sp³-hybridized carbons (Fsp3) is 0.150. The molecule has 2 N–H and O–H groups in total. The molecule has 3 rings (SSSR count). The molecular formula is C20H17F2NO3S2. The van der Waals surface area contributed by atoms with Crippen LogP contribution in [0.2, 0.25) is 0 Å². The Balaban J connectivity index is 1.86. The summed E-state index contributed by atoms with van der Waals surface area (Å²) in [6.07, 6.45) is -0.302. The molecule has 3 aromatic rings. The van der Waals surface area contributed by atoms with Gasteiger partial charge in [-0.1, -0.05) is 17.7 Å². The SMILES string of the molecule is Cc1ccc([S+]([O-])NC(CC(=O)O)c2ccc(-c3cc(F)ccc3F)s2)cc1. The van der Waals surface area contributed by atoms with E-state index in [1.807, 2.05) is 19.1 Å². The van der Waals surface area contributed by atoms with Crippen LogP contribution in [-0.2, 0) is 16.2 Å². The molecule has 0 saturated carbocycles. The van der Waals surface area contributed by atoms with Crippen molar-refractivity contribution < 1.29 is 23.2 Å². The number of benzene rings is 2. The highest BCUT2D eigenvalue weighted by Crippen LogP contribution is 2.35. The molecule has 0 aliphatic heterocycles. The Morgan fingerprint density at radius 2 is 1.89 bits per heavy atom. The Morgan fingerprint density at radius 3 is 2.57 bits per heavy atom. The molecule has 0 amide bonds. The number of rotatable bonds is 7. The van der Waals surface area contributed by atoms with Gasteiger partial charge in [0.05, 0.1) is 23.8 Å². The van der Waals surface area contributed by atoms with Gasteiger partial charge < -0.3 is 9.66 Å². The highest BCUT2D eigenvalue weighted by atomic mass is 32.2. The quantitative estimate of drug-likeness (QED) is 0.536. The van der Waals surface area contributed by atoms with E-state index in [4.69, 9.17) is 0 Å². The number of halogens is 2. The van der Waals surface area contributed by atoms with Crippen LogP contribution in [0.1, 0.15) is 22.9 Å². The van der Waals surface area contributed by atoms with Crippen molar-refractivity contribution in [2.45, 2.75) is 24.3 Å². The number of hydrogen-bond acceptors (Lipinski definition) is 4. The summed E-state index contributed by atoms with van der Waals surface area (Å²) in [4.78, 5) is 12.8. The summed E-state index contributed by atoms with van der Waals surface area (Å²) in [7, 11) is 0. The van der Waals surface area contributed by atoms with Crippen LogP contribution in [0.5, 0.6) is 0 Å². The number of aliphatic carboxylic acids is 1. The maximum Gasteiger partial charge on any atom is 0.305 e. The lowest BCUT2D eigenvalue weighted by Crippen LogP contribution is -2.29. The second kappa shape index (κ2) is 8.83. The maximum atomic E-state index is 14.0. The molecule has 2 aromatic carbocycles. The molecule has 0 fully saturated rings. The normalized spacial score (nSPS) is 13.3. The van der Waals surface area contributed by atoms with Gasteiger partial charge in [0.25, 0.3) is 0 Å². The van der Waals surface area contributed by atoms with Crippen LogP contribution in [-0.4, -0.2) is 15.6 Å². The molecule has 0 spiro atoms. The van der Waals surface area contributed by atoms with Gasteiger partial charge in [-0.2, -0.15) is 0 Å². The predicted molar refractivity (Wildman–Crippen MR) is 105 cm³/mol. The monoisotopic (exact) mass is 421 g/mol. The largest absolute Gasteiger partial charge is 0.593 e.